The first-order chi connectivity index (χ1) is 8.30. The van der Waals surface area contributed by atoms with Crippen LogP contribution in [-0.2, 0) is 12.5 Å². The number of aromatic amines is 1. The Morgan fingerprint density at radius 3 is 2.61 bits per heavy atom. The molecule has 2 aromatic rings. The minimum absolute atomic E-state index is 0.0194. The van der Waals surface area contributed by atoms with Crippen LogP contribution < -0.4 is 0 Å². The molecule has 2 N–H and O–H groups in total. The van der Waals surface area contributed by atoms with Gasteiger partial charge in [-0.25, -0.2) is 19.4 Å². The summed E-state index contributed by atoms with van der Waals surface area (Å²) in [5.41, 5.74) is 0.120. The molecule has 0 bridgehead atoms. The summed E-state index contributed by atoms with van der Waals surface area (Å²) in [5.74, 6) is 0.0284. The lowest BCUT2D eigenvalue weighted by Gasteiger charge is -2.11. The molecule has 0 unspecified atom stereocenters. The van der Waals surface area contributed by atoms with E-state index in [2.05, 4.69) is 20.1 Å². The van der Waals surface area contributed by atoms with Gasteiger partial charge < -0.3 is 10.1 Å². The van der Waals surface area contributed by atoms with Gasteiger partial charge in [-0.2, -0.15) is 5.10 Å². The second kappa shape index (κ2) is 3.94. The van der Waals surface area contributed by atoms with Gasteiger partial charge in [0.2, 0.25) is 0 Å². The van der Waals surface area contributed by atoms with Gasteiger partial charge >= 0.3 is 5.97 Å². The Morgan fingerprint density at radius 1 is 1.44 bits per heavy atom. The molecule has 0 saturated carbocycles. The first-order valence-electron chi connectivity index (χ1n) is 5.49. The first kappa shape index (κ1) is 12.3. The van der Waals surface area contributed by atoms with Gasteiger partial charge in [-0.1, -0.05) is 20.8 Å². The van der Waals surface area contributed by atoms with Crippen molar-refractivity contribution in [2.45, 2.75) is 26.2 Å². The lowest BCUT2D eigenvalue weighted by molar-refractivity contribution is 0.0692. The molecule has 2 rings (SSSR count). The van der Waals surface area contributed by atoms with Gasteiger partial charge in [-0.05, 0) is 0 Å². The SMILES string of the molecule is Cn1nc(C(C)(C)C)nc1-c1nc[nH]c1C(=O)O. The van der Waals surface area contributed by atoms with Crippen molar-refractivity contribution in [3.63, 3.8) is 0 Å². The Morgan fingerprint density at radius 2 is 2.11 bits per heavy atom. The predicted molar refractivity (Wildman–Crippen MR) is 64.2 cm³/mol. The summed E-state index contributed by atoms with van der Waals surface area (Å²) in [6, 6.07) is 0. The zero-order valence-corrected chi connectivity index (χ0v) is 10.7. The zero-order valence-electron chi connectivity index (χ0n) is 10.7. The van der Waals surface area contributed by atoms with Gasteiger partial charge in [-0.3, -0.25) is 0 Å². The molecule has 0 aliphatic carbocycles. The molecule has 0 aromatic carbocycles. The Kier molecular flexibility index (Phi) is 2.68. The molecule has 0 fully saturated rings. The quantitative estimate of drug-likeness (QED) is 0.833. The van der Waals surface area contributed by atoms with Crippen LogP contribution in [-0.4, -0.2) is 35.8 Å². The molecule has 0 radical (unpaired) electrons. The molecule has 0 spiro atoms. The van der Waals surface area contributed by atoms with Crippen molar-refractivity contribution in [2.75, 3.05) is 0 Å². The number of hydrogen-bond acceptors (Lipinski definition) is 4. The lowest BCUT2D eigenvalue weighted by Crippen LogP contribution is -2.13. The number of aromatic nitrogens is 5. The Hall–Kier alpha value is -2.18. The molecule has 0 aliphatic rings. The number of aryl methyl sites for hydroxylation is 1. The number of nitrogens with zero attached hydrogens (tertiary/aromatic N) is 4. The third-order valence-corrected chi connectivity index (χ3v) is 2.50. The largest absolute Gasteiger partial charge is 0.477 e. The summed E-state index contributed by atoms with van der Waals surface area (Å²) in [4.78, 5) is 22.0. The van der Waals surface area contributed by atoms with Gasteiger partial charge in [0, 0.05) is 12.5 Å². The van der Waals surface area contributed by atoms with Crippen LogP contribution >= 0.6 is 0 Å². The normalized spacial score (nSPS) is 11.8. The summed E-state index contributed by atoms with van der Waals surface area (Å²) in [6.07, 6.45) is 1.34. The minimum Gasteiger partial charge on any atom is -0.477 e. The van der Waals surface area contributed by atoms with Crippen molar-refractivity contribution in [3.8, 4) is 11.5 Å². The highest BCUT2D eigenvalue weighted by Crippen LogP contribution is 2.23. The monoisotopic (exact) mass is 249 g/mol. The van der Waals surface area contributed by atoms with Crippen molar-refractivity contribution < 1.29 is 9.90 Å². The van der Waals surface area contributed by atoms with E-state index in [0.29, 0.717) is 17.3 Å². The van der Waals surface area contributed by atoms with Crippen LogP contribution in [0.2, 0.25) is 0 Å². The van der Waals surface area contributed by atoms with Crippen LogP contribution in [0, 0.1) is 0 Å². The van der Waals surface area contributed by atoms with E-state index >= 15 is 0 Å². The van der Waals surface area contributed by atoms with E-state index in [1.54, 1.807) is 11.7 Å². The molecule has 96 valence electrons. The average Bonchev–Trinajstić information content (AvgIpc) is 2.81. The van der Waals surface area contributed by atoms with Crippen molar-refractivity contribution in [3.05, 3.63) is 17.8 Å². The van der Waals surface area contributed by atoms with E-state index in [0.717, 1.165) is 0 Å². The summed E-state index contributed by atoms with van der Waals surface area (Å²) in [5, 5.41) is 13.3. The fourth-order valence-electron chi connectivity index (χ4n) is 1.54. The highest BCUT2D eigenvalue weighted by atomic mass is 16.4. The number of carbonyl (C=O) groups is 1. The third kappa shape index (κ3) is 1.99. The average molecular weight is 249 g/mol. The number of aromatic carboxylic acids is 1. The molecule has 18 heavy (non-hydrogen) atoms. The van der Waals surface area contributed by atoms with E-state index < -0.39 is 5.97 Å². The van der Waals surface area contributed by atoms with E-state index in [1.807, 2.05) is 20.8 Å². The Bertz CT molecular complexity index is 591. The van der Waals surface area contributed by atoms with Gasteiger partial charge in [0.1, 0.15) is 5.69 Å². The van der Waals surface area contributed by atoms with Crippen LogP contribution in [0.25, 0.3) is 11.5 Å². The number of nitrogens with one attached hydrogen (secondary N) is 1. The van der Waals surface area contributed by atoms with Crippen LogP contribution in [0.1, 0.15) is 37.1 Å². The van der Waals surface area contributed by atoms with E-state index in [1.165, 1.54) is 6.33 Å². The molecule has 2 aromatic heterocycles. The maximum atomic E-state index is 11.0. The summed E-state index contributed by atoms with van der Waals surface area (Å²) >= 11 is 0. The molecular weight excluding hydrogens is 234 g/mol. The van der Waals surface area contributed by atoms with Crippen molar-refractivity contribution >= 4 is 5.97 Å². The first-order valence-corrected chi connectivity index (χ1v) is 5.49. The molecule has 0 atom stereocenters. The highest BCUT2D eigenvalue weighted by Gasteiger charge is 2.24. The van der Waals surface area contributed by atoms with Crippen molar-refractivity contribution in [1.29, 1.82) is 0 Å². The smallest absolute Gasteiger partial charge is 0.354 e. The summed E-state index contributed by atoms with van der Waals surface area (Å²) in [7, 11) is 1.72. The summed E-state index contributed by atoms with van der Waals surface area (Å²) < 4.78 is 1.54. The lowest BCUT2D eigenvalue weighted by atomic mass is 9.96. The van der Waals surface area contributed by atoms with Crippen LogP contribution in [0.3, 0.4) is 0 Å². The molecule has 2 heterocycles. The molecule has 7 nitrogen and oxygen atoms in total. The van der Waals surface area contributed by atoms with Gasteiger partial charge in [0.25, 0.3) is 0 Å². The van der Waals surface area contributed by atoms with Gasteiger partial charge in [-0.15, -0.1) is 0 Å². The van der Waals surface area contributed by atoms with Crippen molar-refractivity contribution in [1.82, 2.24) is 24.7 Å². The number of H-pyrrole nitrogens is 1. The van der Waals surface area contributed by atoms with Gasteiger partial charge in [0.15, 0.2) is 17.3 Å². The van der Waals surface area contributed by atoms with Crippen LogP contribution in [0.4, 0.5) is 0 Å². The van der Waals surface area contributed by atoms with Gasteiger partial charge in [0.05, 0.1) is 6.33 Å². The van der Waals surface area contributed by atoms with Crippen LogP contribution in [0.15, 0.2) is 6.33 Å². The molecule has 0 saturated heterocycles. The molecule has 7 heteroatoms. The van der Waals surface area contributed by atoms with E-state index in [-0.39, 0.29) is 11.1 Å². The number of imidazole rings is 1. The zero-order chi connectivity index (χ0) is 13.5. The molecule has 0 aliphatic heterocycles. The number of carboxylic acids is 1. The van der Waals surface area contributed by atoms with E-state index in [9.17, 15) is 4.79 Å². The highest BCUT2D eigenvalue weighted by molar-refractivity contribution is 5.91. The second-order valence-electron chi connectivity index (χ2n) is 5.06. The fraction of sp³-hybridized carbons (Fsp3) is 0.455. The maximum Gasteiger partial charge on any atom is 0.354 e. The summed E-state index contributed by atoms with van der Waals surface area (Å²) in [6.45, 7) is 5.98. The standard InChI is InChI=1S/C11H15N5O2/c1-11(2,3)10-14-8(16(4)15-10)6-7(9(17)18)13-5-12-6/h5H,1-4H3,(H,12,13)(H,17,18). The fourth-order valence-corrected chi connectivity index (χ4v) is 1.54. The Balaban J connectivity index is 2.55. The second-order valence-corrected chi connectivity index (χ2v) is 5.06. The van der Waals surface area contributed by atoms with Crippen molar-refractivity contribution in [2.24, 2.45) is 7.05 Å². The van der Waals surface area contributed by atoms with Crippen LogP contribution in [0.5, 0.6) is 0 Å². The molecule has 0 amide bonds. The number of hydrogen-bond donors (Lipinski definition) is 2. The predicted octanol–water partition coefficient (Wildman–Crippen LogP) is 1.20. The maximum absolute atomic E-state index is 11.0. The molecular formula is C11H15N5O2. The third-order valence-electron chi connectivity index (χ3n) is 2.50. The Labute approximate surface area is 104 Å². The topological polar surface area (TPSA) is 96.7 Å². The van der Waals surface area contributed by atoms with E-state index in [4.69, 9.17) is 5.11 Å². The number of carboxylic acid groups (broad SMARTS) is 1. The minimum atomic E-state index is -1.07. The number of rotatable bonds is 2.